The molecule has 3 aromatic rings. The summed E-state index contributed by atoms with van der Waals surface area (Å²) >= 11 is 1.18. The van der Waals surface area contributed by atoms with E-state index in [9.17, 15) is 9.59 Å². The molecule has 0 aliphatic heterocycles. The number of anilines is 1. The summed E-state index contributed by atoms with van der Waals surface area (Å²) in [7, 11) is 3.25. The predicted molar refractivity (Wildman–Crippen MR) is 116 cm³/mol. The lowest BCUT2D eigenvalue weighted by Gasteiger charge is -2.13. The highest BCUT2D eigenvalue weighted by atomic mass is 32.1. The van der Waals surface area contributed by atoms with Gasteiger partial charge in [0.25, 0.3) is 0 Å². The molecule has 0 saturated carbocycles. The smallest absolute Gasteiger partial charge is 0.307 e. The molecule has 1 heterocycles. The maximum atomic E-state index is 12.4. The summed E-state index contributed by atoms with van der Waals surface area (Å²) in [6.45, 7) is 2.44. The number of hydrogen-bond acceptors (Lipinski definition) is 5. The second-order valence-corrected chi connectivity index (χ2v) is 7.41. The Balaban J connectivity index is 1.67. The Bertz CT molecular complexity index is 1040. The average Bonchev–Trinajstić information content (AvgIpc) is 3.06. The number of nitrogens with zero attached hydrogens (tertiary/aromatic N) is 1. The first-order chi connectivity index (χ1) is 14.0. The van der Waals surface area contributed by atoms with Gasteiger partial charge in [-0.25, -0.2) is 0 Å². The van der Waals surface area contributed by atoms with Crippen LogP contribution < -0.4 is 19.7 Å². The number of carbonyl (C=O) groups excluding carboxylic acids is 1. The number of hydrogen-bond donors (Lipinski definition) is 1. The Hall–Kier alpha value is -3.06. The molecule has 0 bridgehead atoms. The van der Waals surface area contributed by atoms with Crippen molar-refractivity contribution in [1.82, 2.24) is 4.57 Å². The number of aryl methyl sites for hydroxylation is 1. The first-order valence-electron chi connectivity index (χ1n) is 9.29. The molecular weight excluding hydrogens is 388 g/mol. The lowest BCUT2D eigenvalue weighted by Crippen LogP contribution is -2.17. The van der Waals surface area contributed by atoms with E-state index in [-0.39, 0.29) is 10.8 Å². The summed E-state index contributed by atoms with van der Waals surface area (Å²) in [6.07, 6.45) is 0.941. The third kappa shape index (κ3) is 5.06. The summed E-state index contributed by atoms with van der Waals surface area (Å²) in [5.74, 6) is 1.41. The van der Waals surface area contributed by atoms with Crippen LogP contribution in [0.1, 0.15) is 18.5 Å². The molecule has 0 aliphatic carbocycles. The van der Waals surface area contributed by atoms with Crippen molar-refractivity contribution in [3.05, 3.63) is 63.2 Å². The molecule has 1 amide bonds. The molecule has 0 spiro atoms. The van der Waals surface area contributed by atoms with Crippen LogP contribution in [0.5, 0.6) is 11.5 Å². The zero-order valence-electron chi connectivity index (χ0n) is 16.7. The van der Waals surface area contributed by atoms with Crippen LogP contribution in [0.25, 0.3) is 11.1 Å². The van der Waals surface area contributed by atoms with E-state index in [1.54, 1.807) is 18.8 Å². The molecule has 0 fully saturated rings. The number of ether oxygens (including phenoxy) is 2. The van der Waals surface area contributed by atoms with Crippen LogP contribution in [0, 0.1) is 6.92 Å². The van der Waals surface area contributed by atoms with E-state index in [2.05, 4.69) is 5.32 Å². The third-order valence-corrected chi connectivity index (χ3v) is 5.53. The number of rotatable bonds is 8. The van der Waals surface area contributed by atoms with Crippen LogP contribution >= 0.6 is 11.3 Å². The van der Waals surface area contributed by atoms with E-state index in [0.29, 0.717) is 25.1 Å². The van der Waals surface area contributed by atoms with Crippen molar-refractivity contribution in [1.29, 1.82) is 0 Å². The van der Waals surface area contributed by atoms with Gasteiger partial charge in [0.15, 0.2) is 0 Å². The van der Waals surface area contributed by atoms with E-state index < -0.39 is 0 Å². The van der Waals surface area contributed by atoms with E-state index in [1.807, 2.05) is 54.8 Å². The monoisotopic (exact) mass is 412 g/mol. The Kier molecular flexibility index (Phi) is 6.72. The first-order valence-corrected chi connectivity index (χ1v) is 10.2. The van der Waals surface area contributed by atoms with Gasteiger partial charge in [0, 0.05) is 35.3 Å². The largest absolute Gasteiger partial charge is 0.497 e. The Labute approximate surface area is 173 Å². The zero-order chi connectivity index (χ0) is 20.8. The highest BCUT2D eigenvalue weighted by Crippen LogP contribution is 2.33. The molecule has 7 heteroatoms. The SMILES string of the molecule is COc1ccc(-c2cc(NC(=O)CCCn3c(C)csc3=O)ccc2OC)cc1. The Morgan fingerprint density at radius 1 is 1.10 bits per heavy atom. The number of aromatic nitrogens is 1. The van der Waals surface area contributed by atoms with Crippen LogP contribution in [0.2, 0.25) is 0 Å². The molecular formula is C22H24N2O4S. The maximum absolute atomic E-state index is 12.4. The van der Waals surface area contributed by atoms with Crippen LogP contribution in [-0.2, 0) is 11.3 Å². The van der Waals surface area contributed by atoms with Crippen molar-refractivity contribution in [2.24, 2.45) is 0 Å². The Morgan fingerprint density at radius 2 is 1.86 bits per heavy atom. The van der Waals surface area contributed by atoms with Gasteiger partial charge in [-0.3, -0.25) is 9.59 Å². The van der Waals surface area contributed by atoms with Crippen LogP contribution in [-0.4, -0.2) is 24.7 Å². The highest BCUT2D eigenvalue weighted by molar-refractivity contribution is 7.07. The van der Waals surface area contributed by atoms with Gasteiger partial charge in [0.1, 0.15) is 11.5 Å². The highest BCUT2D eigenvalue weighted by Gasteiger charge is 2.10. The van der Waals surface area contributed by atoms with Crippen molar-refractivity contribution >= 4 is 22.9 Å². The number of methoxy groups -OCH3 is 2. The van der Waals surface area contributed by atoms with Crippen molar-refractivity contribution in [3.63, 3.8) is 0 Å². The summed E-state index contributed by atoms with van der Waals surface area (Å²) < 4.78 is 12.4. The molecule has 6 nitrogen and oxygen atoms in total. The summed E-state index contributed by atoms with van der Waals surface area (Å²) in [5.41, 5.74) is 3.48. The van der Waals surface area contributed by atoms with Crippen LogP contribution in [0.15, 0.2) is 52.6 Å². The zero-order valence-corrected chi connectivity index (χ0v) is 17.5. The molecule has 0 unspecified atom stereocenters. The van der Waals surface area contributed by atoms with Gasteiger partial charge < -0.3 is 19.4 Å². The number of carbonyl (C=O) groups is 1. The number of thiazole rings is 1. The minimum absolute atomic E-state index is 0.0159. The molecule has 0 atom stereocenters. The Morgan fingerprint density at radius 3 is 2.48 bits per heavy atom. The molecule has 0 saturated heterocycles. The van der Waals surface area contributed by atoms with Crippen molar-refractivity contribution < 1.29 is 14.3 Å². The molecule has 29 heavy (non-hydrogen) atoms. The van der Waals surface area contributed by atoms with E-state index in [1.165, 1.54) is 11.3 Å². The van der Waals surface area contributed by atoms with Crippen LogP contribution in [0.3, 0.4) is 0 Å². The van der Waals surface area contributed by atoms with Gasteiger partial charge in [0.2, 0.25) is 5.91 Å². The third-order valence-electron chi connectivity index (χ3n) is 4.65. The van der Waals surface area contributed by atoms with Gasteiger partial charge in [-0.1, -0.05) is 23.5 Å². The number of benzene rings is 2. The molecule has 2 aromatic carbocycles. The van der Waals surface area contributed by atoms with E-state index in [0.717, 1.165) is 28.3 Å². The second kappa shape index (κ2) is 9.43. The number of amides is 1. The molecule has 0 aliphatic rings. The predicted octanol–water partition coefficient (Wildman–Crippen LogP) is 4.32. The summed E-state index contributed by atoms with van der Waals surface area (Å²) in [6, 6.07) is 13.2. The van der Waals surface area contributed by atoms with E-state index >= 15 is 0 Å². The van der Waals surface area contributed by atoms with Gasteiger partial charge >= 0.3 is 4.87 Å². The van der Waals surface area contributed by atoms with Gasteiger partial charge in [-0.15, -0.1) is 0 Å². The molecule has 1 aromatic heterocycles. The fourth-order valence-corrected chi connectivity index (χ4v) is 3.84. The lowest BCUT2D eigenvalue weighted by atomic mass is 10.0. The normalized spacial score (nSPS) is 10.6. The molecule has 3 rings (SSSR count). The van der Waals surface area contributed by atoms with Gasteiger partial charge in [0.05, 0.1) is 14.2 Å². The summed E-state index contributed by atoms with van der Waals surface area (Å²) in [5, 5.41) is 4.77. The fraction of sp³-hybridized carbons (Fsp3) is 0.273. The minimum atomic E-state index is -0.0863. The lowest BCUT2D eigenvalue weighted by molar-refractivity contribution is -0.116. The molecule has 0 radical (unpaired) electrons. The minimum Gasteiger partial charge on any atom is -0.497 e. The molecule has 1 N–H and O–H groups in total. The van der Waals surface area contributed by atoms with Crippen molar-refractivity contribution in [2.75, 3.05) is 19.5 Å². The van der Waals surface area contributed by atoms with Crippen molar-refractivity contribution in [2.45, 2.75) is 26.3 Å². The van der Waals surface area contributed by atoms with Crippen LogP contribution in [0.4, 0.5) is 5.69 Å². The first kappa shape index (κ1) is 20.7. The van der Waals surface area contributed by atoms with E-state index in [4.69, 9.17) is 9.47 Å². The maximum Gasteiger partial charge on any atom is 0.307 e. The topological polar surface area (TPSA) is 69.6 Å². The number of nitrogens with one attached hydrogen (secondary N) is 1. The van der Waals surface area contributed by atoms with Gasteiger partial charge in [-0.2, -0.15) is 0 Å². The molecule has 152 valence electrons. The quantitative estimate of drug-likeness (QED) is 0.598. The second-order valence-electron chi connectivity index (χ2n) is 6.59. The summed E-state index contributed by atoms with van der Waals surface area (Å²) in [4.78, 5) is 24.1. The van der Waals surface area contributed by atoms with Gasteiger partial charge in [-0.05, 0) is 49.2 Å². The average molecular weight is 413 g/mol. The standard InChI is InChI=1S/C22H24N2O4S/c1-15-14-29-22(26)24(15)12-4-5-21(25)23-17-8-11-20(28-3)19(13-17)16-6-9-18(27-2)10-7-16/h6-11,13-14H,4-5,12H2,1-3H3,(H,23,25). The van der Waals surface area contributed by atoms with Crippen molar-refractivity contribution in [3.8, 4) is 22.6 Å². The fourth-order valence-electron chi connectivity index (χ4n) is 3.08.